The summed E-state index contributed by atoms with van der Waals surface area (Å²) in [5.41, 5.74) is 9.96. The molecule has 3 N–H and O–H groups in total. The van der Waals surface area contributed by atoms with E-state index >= 15 is 0 Å². The summed E-state index contributed by atoms with van der Waals surface area (Å²) >= 11 is 0. The van der Waals surface area contributed by atoms with Crippen LogP contribution in [0.4, 0.5) is 22.0 Å². The number of carbonyl (C=O) groups is 1. The van der Waals surface area contributed by atoms with Crippen molar-refractivity contribution in [2.45, 2.75) is 85.2 Å². The molecule has 7 heteroatoms. The van der Waals surface area contributed by atoms with Crippen molar-refractivity contribution >= 4 is 23.3 Å². The topological polar surface area (TPSA) is 83.7 Å². The lowest BCUT2D eigenvalue weighted by molar-refractivity contribution is -0.0104. The van der Waals surface area contributed by atoms with Crippen LogP contribution in [-0.4, -0.2) is 40.2 Å². The molecule has 0 spiro atoms. The molecule has 0 radical (unpaired) electrons. The number of benzene rings is 2. The van der Waals surface area contributed by atoms with Crippen molar-refractivity contribution in [3.63, 3.8) is 0 Å². The van der Waals surface area contributed by atoms with E-state index in [0.717, 1.165) is 24.3 Å². The number of likely N-dealkylation sites (tertiary alicyclic amines) is 1. The highest BCUT2D eigenvalue weighted by atomic mass is 16.6. The third kappa shape index (κ3) is 7.46. The van der Waals surface area contributed by atoms with E-state index < -0.39 is 5.60 Å². The third-order valence-electron chi connectivity index (χ3n) is 7.19. The third-order valence-corrected chi connectivity index (χ3v) is 7.19. The van der Waals surface area contributed by atoms with Gasteiger partial charge in [0.05, 0.1) is 17.4 Å². The summed E-state index contributed by atoms with van der Waals surface area (Å²) in [5.74, 6) is 0.741. The van der Waals surface area contributed by atoms with Crippen molar-refractivity contribution in [3.8, 4) is 0 Å². The van der Waals surface area contributed by atoms with Crippen LogP contribution in [0.15, 0.2) is 72.9 Å². The standard InChI is InChI=1S/C33H45N5O2/c1-32(2,3)29-27(18-13-21-38(29)31(39)40-33(4,5)6)36-26-19-20-35-30(28(26)34)37(22-24-14-9-7-10-15-24)23-25-16-11-8-12-17-25/h7-12,14-17,19-20,27,29H,13,18,21-23,34H2,1-6H3,(H,35,36)/t27?,29-/m0/s1. The molecule has 0 aliphatic carbocycles. The largest absolute Gasteiger partial charge is 0.444 e. The van der Waals surface area contributed by atoms with Gasteiger partial charge in [-0.05, 0) is 56.2 Å². The summed E-state index contributed by atoms with van der Waals surface area (Å²) in [7, 11) is 0. The molecule has 2 atom stereocenters. The van der Waals surface area contributed by atoms with Crippen LogP contribution in [0.5, 0.6) is 0 Å². The Labute approximate surface area is 239 Å². The van der Waals surface area contributed by atoms with Crippen LogP contribution in [-0.2, 0) is 17.8 Å². The number of nitrogens with two attached hydrogens (primary N) is 1. The number of aromatic nitrogens is 1. The van der Waals surface area contributed by atoms with Gasteiger partial charge in [-0.15, -0.1) is 0 Å². The van der Waals surface area contributed by atoms with Gasteiger partial charge in [0.15, 0.2) is 5.82 Å². The maximum atomic E-state index is 13.3. The molecule has 1 amide bonds. The fraction of sp³-hybridized carbons (Fsp3) is 0.455. The number of nitrogens with one attached hydrogen (secondary N) is 1. The van der Waals surface area contributed by atoms with Crippen molar-refractivity contribution in [2.75, 3.05) is 22.5 Å². The monoisotopic (exact) mass is 543 g/mol. The van der Waals surface area contributed by atoms with Crippen molar-refractivity contribution < 1.29 is 9.53 Å². The molecule has 0 saturated carbocycles. The molecule has 2 aromatic carbocycles. The fourth-order valence-electron chi connectivity index (χ4n) is 5.60. The number of rotatable bonds is 7. The number of hydrogen-bond donors (Lipinski definition) is 2. The Balaban J connectivity index is 1.64. The molecule has 2 heterocycles. The van der Waals surface area contributed by atoms with Crippen LogP contribution in [0.2, 0.25) is 0 Å². The zero-order valence-corrected chi connectivity index (χ0v) is 24.9. The van der Waals surface area contributed by atoms with Gasteiger partial charge in [-0.1, -0.05) is 81.4 Å². The number of nitrogen functional groups attached to an aromatic ring is 1. The van der Waals surface area contributed by atoms with Crippen LogP contribution in [0.25, 0.3) is 0 Å². The number of carbonyl (C=O) groups excluding carboxylic acids is 1. The SMILES string of the molecule is CC(C)(C)OC(=O)N1CCCC(Nc2ccnc(N(Cc3ccccc3)Cc3ccccc3)c2N)[C@H]1C(C)(C)C. The number of piperidine rings is 1. The Morgan fingerprint density at radius 2 is 1.55 bits per heavy atom. The number of anilines is 3. The van der Waals surface area contributed by atoms with E-state index in [9.17, 15) is 4.79 Å². The Bertz CT molecular complexity index is 1210. The van der Waals surface area contributed by atoms with E-state index in [0.29, 0.717) is 25.3 Å². The van der Waals surface area contributed by atoms with Gasteiger partial charge in [-0.2, -0.15) is 0 Å². The second kappa shape index (κ2) is 12.2. The van der Waals surface area contributed by atoms with Gasteiger partial charge in [0.2, 0.25) is 0 Å². The molecule has 1 unspecified atom stereocenters. The van der Waals surface area contributed by atoms with Gasteiger partial charge in [-0.3, -0.25) is 0 Å². The van der Waals surface area contributed by atoms with Crippen LogP contribution >= 0.6 is 0 Å². The fourth-order valence-corrected chi connectivity index (χ4v) is 5.60. The number of ether oxygens (including phenoxy) is 1. The van der Waals surface area contributed by atoms with Gasteiger partial charge < -0.3 is 25.6 Å². The van der Waals surface area contributed by atoms with E-state index in [2.05, 4.69) is 79.5 Å². The minimum atomic E-state index is -0.550. The lowest BCUT2D eigenvalue weighted by Crippen LogP contribution is -2.59. The van der Waals surface area contributed by atoms with Gasteiger partial charge in [0.1, 0.15) is 5.60 Å². The van der Waals surface area contributed by atoms with E-state index in [4.69, 9.17) is 15.5 Å². The van der Waals surface area contributed by atoms with E-state index in [1.807, 2.05) is 50.1 Å². The van der Waals surface area contributed by atoms with Crippen molar-refractivity contribution in [1.29, 1.82) is 0 Å². The summed E-state index contributed by atoms with van der Waals surface area (Å²) in [6.07, 6.45) is 3.36. The molecule has 1 fully saturated rings. The molecule has 7 nitrogen and oxygen atoms in total. The number of nitrogens with zero attached hydrogens (tertiary/aromatic N) is 3. The Morgan fingerprint density at radius 3 is 2.08 bits per heavy atom. The molecule has 1 aliphatic rings. The lowest BCUT2D eigenvalue weighted by atomic mass is 9.77. The first-order valence-corrected chi connectivity index (χ1v) is 14.3. The average molecular weight is 544 g/mol. The highest BCUT2D eigenvalue weighted by molar-refractivity contribution is 5.78. The predicted molar refractivity (Wildman–Crippen MR) is 164 cm³/mol. The minimum Gasteiger partial charge on any atom is -0.444 e. The molecular weight excluding hydrogens is 498 g/mol. The first kappa shape index (κ1) is 29.2. The molecule has 3 aromatic rings. The maximum absolute atomic E-state index is 13.3. The summed E-state index contributed by atoms with van der Waals surface area (Å²) in [6, 6.07) is 22.6. The quantitative estimate of drug-likeness (QED) is 0.331. The Morgan fingerprint density at radius 1 is 0.975 bits per heavy atom. The van der Waals surface area contributed by atoms with Crippen LogP contribution in [0.3, 0.4) is 0 Å². The second-order valence-electron chi connectivity index (χ2n) is 12.8. The second-order valence-corrected chi connectivity index (χ2v) is 12.8. The van der Waals surface area contributed by atoms with Gasteiger partial charge in [0, 0.05) is 31.9 Å². The zero-order valence-electron chi connectivity index (χ0n) is 24.9. The van der Waals surface area contributed by atoms with Gasteiger partial charge >= 0.3 is 6.09 Å². The van der Waals surface area contributed by atoms with Crippen molar-refractivity contribution in [1.82, 2.24) is 9.88 Å². The van der Waals surface area contributed by atoms with Crippen LogP contribution < -0.4 is 16.0 Å². The summed E-state index contributed by atoms with van der Waals surface area (Å²) in [5, 5.41) is 3.74. The smallest absolute Gasteiger partial charge is 0.410 e. The number of amides is 1. The molecule has 1 aromatic heterocycles. The van der Waals surface area contributed by atoms with Crippen molar-refractivity contribution in [2.24, 2.45) is 5.41 Å². The summed E-state index contributed by atoms with van der Waals surface area (Å²) in [6.45, 7) is 14.3. The molecule has 40 heavy (non-hydrogen) atoms. The number of hydrogen-bond acceptors (Lipinski definition) is 6. The first-order chi connectivity index (χ1) is 18.9. The molecule has 214 valence electrons. The Kier molecular flexibility index (Phi) is 8.92. The highest BCUT2D eigenvalue weighted by Gasteiger charge is 2.43. The van der Waals surface area contributed by atoms with Crippen LogP contribution in [0, 0.1) is 5.41 Å². The molecule has 1 aliphatic heterocycles. The Hall–Kier alpha value is -3.74. The summed E-state index contributed by atoms with van der Waals surface area (Å²) < 4.78 is 5.81. The molecule has 4 rings (SSSR count). The van der Waals surface area contributed by atoms with E-state index in [1.54, 1.807) is 0 Å². The van der Waals surface area contributed by atoms with Gasteiger partial charge in [-0.25, -0.2) is 9.78 Å². The van der Waals surface area contributed by atoms with E-state index in [-0.39, 0.29) is 23.6 Å². The van der Waals surface area contributed by atoms with Gasteiger partial charge in [0.25, 0.3) is 0 Å². The van der Waals surface area contributed by atoms with E-state index in [1.165, 1.54) is 11.1 Å². The number of pyridine rings is 1. The van der Waals surface area contributed by atoms with Crippen LogP contribution in [0.1, 0.15) is 65.5 Å². The lowest BCUT2D eigenvalue weighted by Gasteiger charge is -2.48. The molecule has 0 bridgehead atoms. The maximum Gasteiger partial charge on any atom is 0.410 e. The average Bonchev–Trinajstić information content (AvgIpc) is 2.89. The molecular formula is C33H45N5O2. The summed E-state index contributed by atoms with van der Waals surface area (Å²) in [4.78, 5) is 22.1. The minimum absolute atomic E-state index is 0.00974. The van der Waals surface area contributed by atoms with Crippen molar-refractivity contribution in [3.05, 3.63) is 84.1 Å². The first-order valence-electron chi connectivity index (χ1n) is 14.3. The zero-order chi connectivity index (χ0) is 28.9. The molecule has 1 saturated heterocycles. The predicted octanol–water partition coefficient (Wildman–Crippen LogP) is 7.10. The highest BCUT2D eigenvalue weighted by Crippen LogP contribution is 2.37. The normalized spacial score (nSPS) is 17.8.